The van der Waals surface area contributed by atoms with Crippen LogP contribution in [0.2, 0.25) is 0 Å². The Morgan fingerprint density at radius 2 is 1.89 bits per heavy atom. The second kappa shape index (κ2) is 7.36. The molecule has 0 aromatic carbocycles. The van der Waals surface area contributed by atoms with E-state index in [1.54, 1.807) is 20.8 Å². The molecule has 1 rings (SSSR count). The average molecular weight is 303 g/mol. The van der Waals surface area contributed by atoms with E-state index in [2.05, 4.69) is 0 Å². The molecule has 0 aromatic heterocycles. The first-order chi connectivity index (χ1) is 8.11. The Hall–Kier alpha value is 0.310. The van der Waals surface area contributed by atoms with Gasteiger partial charge in [-0.3, -0.25) is 4.21 Å². The molecule has 5 nitrogen and oxygen atoms in total. The summed E-state index contributed by atoms with van der Waals surface area (Å²) in [6.07, 6.45) is -0.423. The number of halogens is 1. The van der Waals surface area contributed by atoms with E-state index < -0.39 is 34.2 Å². The molecule has 1 heterocycles. The molecule has 19 heavy (non-hydrogen) atoms. The Morgan fingerprint density at radius 1 is 1.42 bits per heavy atom. The van der Waals surface area contributed by atoms with Gasteiger partial charge >= 0.3 is 35.7 Å². The molecule has 1 unspecified atom stereocenters. The summed E-state index contributed by atoms with van der Waals surface area (Å²) in [5, 5.41) is 0. The Labute approximate surface area is 137 Å². The van der Waals surface area contributed by atoms with Crippen molar-refractivity contribution in [1.82, 2.24) is 4.90 Å². The van der Waals surface area contributed by atoms with Crippen molar-refractivity contribution in [2.45, 2.75) is 44.9 Å². The van der Waals surface area contributed by atoms with Crippen LogP contribution in [-0.2, 0) is 15.8 Å². The third-order valence-electron chi connectivity index (χ3n) is 2.69. The number of nitrogens with zero attached hydrogens (tertiary/aromatic N) is 1. The number of carbonyl (C=O) groups is 1. The SMILES string of the molecule is CC(C)(C)OC(=O)N1CCC(F)(CS(=O)[O-])CC1.[Na+]. The van der Waals surface area contributed by atoms with Crippen molar-refractivity contribution >= 4 is 17.2 Å². The van der Waals surface area contributed by atoms with Crippen LogP contribution in [0.15, 0.2) is 0 Å². The molecule has 106 valence electrons. The summed E-state index contributed by atoms with van der Waals surface area (Å²) >= 11 is -2.40. The Bertz CT molecular complexity index is 340. The minimum absolute atomic E-state index is 0. The molecule has 8 heteroatoms. The van der Waals surface area contributed by atoms with Crippen LogP contribution < -0.4 is 29.6 Å². The zero-order valence-electron chi connectivity index (χ0n) is 11.9. The van der Waals surface area contributed by atoms with E-state index in [4.69, 9.17) is 4.74 Å². The van der Waals surface area contributed by atoms with Crippen LogP contribution in [0.3, 0.4) is 0 Å². The molecule has 0 aromatic rings. The van der Waals surface area contributed by atoms with E-state index in [1.165, 1.54) is 4.90 Å². The summed E-state index contributed by atoms with van der Waals surface area (Å²) in [5.74, 6) is -0.505. The monoisotopic (exact) mass is 303 g/mol. The van der Waals surface area contributed by atoms with Crippen molar-refractivity contribution in [2.24, 2.45) is 0 Å². The molecule has 1 fully saturated rings. The van der Waals surface area contributed by atoms with E-state index in [1.807, 2.05) is 0 Å². The molecule has 0 spiro atoms. The molecule has 1 aliphatic heterocycles. The first-order valence-electron chi connectivity index (χ1n) is 5.84. The summed E-state index contributed by atoms with van der Waals surface area (Å²) in [4.78, 5) is 13.1. The zero-order chi connectivity index (χ0) is 14.0. The molecular weight excluding hydrogens is 284 g/mol. The first-order valence-corrected chi connectivity index (χ1v) is 7.08. The van der Waals surface area contributed by atoms with Crippen molar-refractivity contribution in [2.75, 3.05) is 18.8 Å². The molecule has 0 N–H and O–H groups in total. The normalized spacial score (nSPS) is 20.4. The quantitative estimate of drug-likeness (QED) is 0.465. The van der Waals surface area contributed by atoms with Crippen LogP contribution in [0.5, 0.6) is 0 Å². The average Bonchev–Trinajstić information content (AvgIpc) is 2.13. The van der Waals surface area contributed by atoms with Crippen molar-refractivity contribution in [3.63, 3.8) is 0 Å². The number of likely N-dealkylation sites (tertiary alicyclic amines) is 1. The van der Waals surface area contributed by atoms with Crippen LogP contribution in [0, 0.1) is 0 Å². The Kier molecular flexibility index (Phi) is 7.48. The topological polar surface area (TPSA) is 69.7 Å². The predicted molar refractivity (Wildman–Crippen MR) is 64.7 cm³/mol. The van der Waals surface area contributed by atoms with E-state index in [0.717, 1.165) is 0 Å². The maximum absolute atomic E-state index is 14.0. The van der Waals surface area contributed by atoms with Crippen LogP contribution in [0.25, 0.3) is 0 Å². The van der Waals surface area contributed by atoms with Gasteiger partial charge in [-0.2, -0.15) is 0 Å². The van der Waals surface area contributed by atoms with Crippen LogP contribution in [0.4, 0.5) is 9.18 Å². The van der Waals surface area contributed by atoms with Gasteiger partial charge in [0.2, 0.25) is 0 Å². The minimum atomic E-state index is -2.40. The van der Waals surface area contributed by atoms with Gasteiger partial charge < -0.3 is 14.2 Å². The molecule has 1 atom stereocenters. The van der Waals surface area contributed by atoms with Gasteiger partial charge in [0, 0.05) is 31.7 Å². The van der Waals surface area contributed by atoms with Gasteiger partial charge in [-0.15, -0.1) is 0 Å². The van der Waals surface area contributed by atoms with Crippen LogP contribution in [-0.4, -0.2) is 49.9 Å². The Balaban J connectivity index is 0.00000324. The summed E-state index contributed by atoms with van der Waals surface area (Å²) in [5.41, 5.74) is -2.30. The molecule has 0 radical (unpaired) electrons. The fourth-order valence-electron chi connectivity index (χ4n) is 1.77. The fourth-order valence-corrected chi connectivity index (χ4v) is 2.48. The first kappa shape index (κ1) is 19.3. The van der Waals surface area contributed by atoms with E-state index in [0.29, 0.717) is 0 Å². The second-order valence-electron chi connectivity index (χ2n) is 5.57. The van der Waals surface area contributed by atoms with Gasteiger partial charge in [0.25, 0.3) is 0 Å². The standard InChI is InChI=1S/C11H20FNO4S.Na/c1-10(2,3)17-9(14)13-6-4-11(12,5-7-13)8-18(15)16;/h4-8H2,1-3H3,(H,15,16);/q;+1/p-1. The van der Waals surface area contributed by atoms with Gasteiger partial charge in [0.05, 0.1) is 0 Å². The summed E-state index contributed by atoms with van der Waals surface area (Å²) in [6, 6.07) is 0. The number of piperidine rings is 1. The number of hydrogen-bond acceptors (Lipinski definition) is 4. The van der Waals surface area contributed by atoms with Gasteiger partial charge in [0.1, 0.15) is 11.3 Å². The molecule has 0 bridgehead atoms. The van der Waals surface area contributed by atoms with Crippen LogP contribution in [0.1, 0.15) is 33.6 Å². The van der Waals surface area contributed by atoms with Gasteiger partial charge in [0.15, 0.2) is 0 Å². The number of hydrogen-bond donors (Lipinski definition) is 0. The molecule has 0 saturated carbocycles. The van der Waals surface area contributed by atoms with Crippen molar-refractivity contribution in [3.05, 3.63) is 0 Å². The van der Waals surface area contributed by atoms with E-state index in [9.17, 15) is 17.9 Å². The largest absolute Gasteiger partial charge is 1.00 e. The molecule has 0 aliphatic carbocycles. The third kappa shape index (κ3) is 7.04. The molecule has 1 amide bonds. The maximum atomic E-state index is 14.0. The molecule has 1 aliphatic rings. The van der Waals surface area contributed by atoms with E-state index >= 15 is 0 Å². The fraction of sp³-hybridized carbons (Fsp3) is 0.909. The van der Waals surface area contributed by atoms with Crippen LogP contribution >= 0.6 is 0 Å². The van der Waals surface area contributed by atoms with E-state index in [-0.39, 0.29) is 55.5 Å². The van der Waals surface area contributed by atoms with Gasteiger partial charge in [-0.25, -0.2) is 9.18 Å². The third-order valence-corrected chi connectivity index (χ3v) is 3.44. The van der Waals surface area contributed by atoms with Crippen molar-refractivity contribution in [1.29, 1.82) is 0 Å². The van der Waals surface area contributed by atoms with Crippen molar-refractivity contribution < 1.29 is 52.2 Å². The molecule has 1 saturated heterocycles. The summed E-state index contributed by atoms with van der Waals surface area (Å²) < 4.78 is 40.3. The summed E-state index contributed by atoms with van der Waals surface area (Å²) in [6.45, 7) is 5.64. The predicted octanol–water partition coefficient (Wildman–Crippen LogP) is -1.39. The Morgan fingerprint density at radius 3 is 2.26 bits per heavy atom. The number of amides is 1. The number of alkyl halides is 1. The summed E-state index contributed by atoms with van der Waals surface area (Å²) in [7, 11) is 0. The number of ether oxygens (including phenoxy) is 1. The number of rotatable bonds is 2. The minimum Gasteiger partial charge on any atom is -0.772 e. The van der Waals surface area contributed by atoms with Crippen molar-refractivity contribution in [3.8, 4) is 0 Å². The number of carbonyl (C=O) groups excluding carboxylic acids is 1. The second-order valence-corrected chi connectivity index (χ2v) is 6.46. The van der Waals surface area contributed by atoms with Gasteiger partial charge in [-0.05, 0) is 20.8 Å². The molecular formula is C11H19FNNaO4S. The van der Waals surface area contributed by atoms with Gasteiger partial charge in [-0.1, -0.05) is 11.1 Å². The zero-order valence-corrected chi connectivity index (χ0v) is 14.7. The maximum Gasteiger partial charge on any atom is 1.00 e. The smallest absolute Gasteiger partial charge is 0.772 e.